The van der Waals surface area contributed by atoms with Gasteiger partial charge in [-0.25, -0.2) is 13.2 Å². The van der Waals surface area contributed by atoms with Gasteiger partial charge in [-0.05, 0) is 50.1 Å². The lowest BCUT2D eigenvalue weighted by Crippen LogP contribution is -2.12. The number of rotatable bonds is 4. The van der Waals surface area contributed by atoms with Gasteiger partial charge in [0.25, 0.3) is 10.0 Å². The van der Waals surface area contributed by atoms with Gasteiger partial charge in [0.05, 0.1) is 13.9 Å². The van der Waals surface area contributed by atoms with Crippen molar-refractivity contribution in [2.24, 2.45) is 0 Å². The van der Waals surface area contributed by atoms with Crippen LogP contribution >= 0.6 is 43.2 Å². The summed E-state index contributed by atoms with van der Waals surface area (Å²) >= 11 is 7.35. The molecule has 3 N–H and O–H groups in total. The number of carbonyl (C=O) groups is 1. The maximum atomic E-state index is 12.2. The summed E-state index contributed by atoms with van der Waals surface area (Å²) in [7, 11) is -3.84. The van der Waals surface area contributed by atoms with E-state index < -0.39 is 21.7 Å². The molecule has 0 atom stereocenters. The van der Waals surface area contributed by atoms with E-state index in [2.05, 4.69) is 36.6 Å². The van der Waals surface area contributed by atoms with Gasteiger partial charge in [-0.15, -0.1) is 11.3 Å². The highest BCUT2D eigenvalue weighted by Gasteiger charge is 2.22. The molecule has 10 heteroatoms. The minimum atomic E-state index is -3.84. The molecule has 0 aliphatic heterocycles. The van der Waals surface area contributed by atoms with Crippen LogP contribution in [0.2, 0.25) is 0 Å². The molecule has 0 bridgehead atoms. The summed E-state index contributed by atoms with van der Waals surface area (Å²) in [4.78, 5) is 10.8. The molecule has 0 saturated carbocycles. The lowest BCUT2D eigenvalue weighted by Gasteiger charge is -2.08. The highest BCUT2D eigenvalue weighted by Crippen LogP contribution is 2.36. The number of sulfonamides is 1. The molecule has 0 aliphatic carbocycles. The Kier molecular flexibility index (Phi) is 4.61. The first-order valence-corrected chi connectivity index (χ1v) is 9.13. The summed E-state index contributed by atoms with van der Waals surface area (Å²) in [5.74, 6) is -1.82. The van der Waals surface area contributed by atoms with Gasteiger partial charge < -0.3 is 10.2 Å². The number of aromatic carboxylic acids is 1. The van der Waals surface area contributed by atoms with Crippen LogP contribution < -0.4 is 4.72 Å². The van der Waals surface area contributed by atoms with Crippen LogP contribution in [0, 0.1) is 0 Å². The van der Waals surface area contributed by atoms with Crippen LogP contribution in [0.4, 0.5) is 5.69 Å². The Morgan fingerprint density at radius 3 is 2.38 bits per heavy atom. The van der Waals surface area contributed by atoms with Crippen molar-refractivity contribution in [3.8, 4) is 5.75 Å². The molecule has 6 nitrogen and oxygen atoms in total. The van der Waals surface area contributed by atoms with Crippen LogP contribution in [0.1, 0.15) is 10.4 Å². The molecular weight excluding hydrogens is 450 g/mol. The van der Waals surface area contributed by atoms with E-state index in [-0.39, 0.29) is 15.5 Å². The van der Waals surface area contributed by atoms with E-state index in [9.17, 15) is 18.3 Å². The van der Waals surface area contributed by atoms with Gasteiger partial charge >= 0.3 is 5.97 Å². The van der Waals surface area contributed by atoms with Crippen molar-refractivity contribution in [3.05, 3.63) is 38.1 Å². The number of carboxylic acid groups (broad SMARTS) is 1. The smallest absolute Gasteiger partial charge is 0.339 e. The lowest BCUT2D eigenvalue weighted by molar-refractivity contribution is 0.0694. The number of phenols is 1. The van der Waals surface area contributed by atoms with Crippen molar-refractivity contribution >= 4 is 64.9 Å². The average molecular weight is 457 g/mol. The number of hydrogen-bond acceptors (Lipinski definition) is 5. The highest BCUT2D eigenvalue weighted by molar-refractivity contribution is 9.11. The second-order valence-electron chi connectivity index (χ2n) is 3.83. The fourth-order valence-electron chi connectivity index (χ4n) is 1.49. The zero-order chi connectivity index (χ0) is 15.8. The summed E-state index contributed by atoms with van der Waals surface area (Å²) in [6.07, 6.45) is 0. The molecule has 2 aromatic rings. The van der Waals surface area contributed by atoms with E-state index in [0.29, 0.717) is 8.26 Å². The Morgan fingerprint density at radius 2 is 1.90 bits per heavy atom. The largest absolute Gasteiger partial charge is 0.507 e. The molecule has 0 saturated heterocycles. The molecule has 0 fully saturated rings. The number of nitrogens with one attached hydrogen (secondary N) is 1. The quantitative estimate of drug-likeness (QED) is 0.653. The van der Waals surface area contributed by atoms with E-state index in [1.54, 1.807) is 6.07 Å². The Morgan fingerprint density at radius 1 is 1.24 bits per heavy atom. The van der Waals surface area contributed by atoms with E-state index in [1.165, 1.54) is 6.07 Å². The molecule has 1 aromatic heterocycles. The molecule has 0 radical (unpaired) electrons. The van der Waals surface area contributed by atoms with Crippen LogP contribution in [0.15, 0.2) is 36.7 Å². The van der Waals surface area contributed by atoms with E-state index in [4.69, 9.17) is 5.11 Å². The van der Waals surface area contributed by atoms with E-state index >= 15 is 0 Å². The van der Waals surface area contributed by atoms with Crippen LogP contribution in [0.25, 0.3) is 0 Å². The van der Waals surface area contributed by atoms with Crippen molar-refractivity contribution in [2.45, 2.75) is 4.21 Å². The van der Waals surface area contributed by atoms with Crippen molar-refractivity contribution in [1.82, 2.24) is 0 Å². The Bertz CT molecular complexity index is 816. The molecule has 2 rings (SSSR count). The third-order valence-corrected chi connectivity index (χ3v) is 7.05. The van der Waals surface area contributed by atoms with Crippen LogP contribution in [-0.4, -0.2) is 24.6 Å². The zero-order valence-electron chi connectivity index (χ0n) is 10.0. The fourth-order valence-corrected chi connectivity index (χ4v) is 6.28. The topological polar surface area (TPSA) is 104 Å². The van der Waals surface area contributed by atoms with Gasteiger partial charge in [0.1, 0.15) is 11.3 Å². The van der Waals surface area contributed by atoms with Crippen molar-refractivity contribution < 1.29 is 23.4 Å². The summed E-state index contributed by atoms with van der Waals surface area (Å²) in [5, 5.41) is 18.4. The molecule has 0 unspecified atom stereocenters. The second kappa shape index (κ2) is 5.95. The molecular formula is C11H7Br2NO5S2. The standard InChI is InChI=1S/C11H7Br2NO5S2/c12-7-4-9(13)20-11(7)21(18,19)14-5-1-2-6(10(16)17)8(15)3-5/h1-4,14-15H,(H,16,17). The number of anilines is 1. The predicted octanol–water partition coefficient (Wildman–Crippen LogP) is 3.48. The molecule has 1 aromatic carbocycles. The number of halogens is 2. The molecule has 0 spiro atoms. The minimum Gasteiger partial charge on any atom is -0.507 e. The molecule has 112 valence electrons. The number of hydrogen-bond donors (Lipinski definition) is 3. The predicted molar refractivity (Wildman–Crippen MR) is 85.6 cm³/mol. The Balaban J connectivity index is 2.35. The highest BCUT2D eigenvalue weighted by atomic mass is 79.9. The first kappa shape index (κ1) is 16.3. The summed E-state index contributed by atoms with van der Waals surface area (Å²) in [6, 6.07) is 5.02. The summed E-state index contributed by atoms with van der Waals surface area (Å²) in [6.45, 7) is 0. The number of thiophene rings is 1. The van der Waals surface area contributed by atoms with Gasteiger partial charge in [-0.1, -0.05) is 0 Å². The first-order chi connectivity index (χ1) is 9.70. The molecule has 1 heterocycles. The van der Waals surface area contributed by atoms with Crippen molar-refractivity contribution in [2.75, 3.05) is 4.72 Å². The van der Waals surface area contributed by atoms with Gasteiger partial charge in [-0.3, -0.25) is 4.72 Å². The average Bonchev–Trinajstić information content (AvgIpc) is 2.68. The Hall–Kier alpha value is -1.10. The number of aromatic hydroxyl groups is 1. The lowest BCUT2D eigenvalue weighted by atomic mass is 10.2. The van der Waals surface area contributed by atoms with Gasteiger partial charge in [0.2, 0.25) is 0 Å². The summed E-state index contributed by atoms with van der Waals surface area (Å²) in [5.41, 5.74) is -0.244. The SMILES string of the molecule is O=C(O)c1ccc(NS(=O)(=O)c2sc(Br)cc2Br)cc1O. The Labute approximate surface area is 140 Å². The normalized spacial score (nSPS) is 11.3. The monoisotopic (exact) mass is 455 g/mol. The second-order valence-corrected chi connectivity index (χ2v) is 8.99. The third-order valence-electron chi connectivity index (χ3n) is 2.35. The van der Waals surface area contributed by atoms with E-state index in [1.807, 2.05) is 0 Å². The number of carboxylic acids is 1. The molecule has 0 amide bonds. The van der Waals surface area contributed by atoms with Crippen molar-refractivity contribution in [3.63, 3.8) is 0 Å². The maximum absolute atomic E-state index is 12.2. The zero-order valence-corrected chi connectivity index (χ0v) is 14.8. The third kappa shape index (κ3) is 3.57. The van der Waals surface area contributed by atoms with Crippen molar-refractivity contribution in [1.29, 1.82) is 0 Å². The van der Waals surface area contributed by atoms with Crippen LogP contribution in [-0.2, 0) is 10.0 Å². The minimum absolute atomic E-state index is 0.0638. The summed E-state index contributed by atoms with van der Waals surface area (Å²) < 4.78 is 27.8. The molecule has 21 heavy (non-hydrogen) atoms. The maximum Gasteiger partial charge on any atom is 0.339 e. The first-order valence-electron chi connectivity index (χ1n) is 5.24. The van der Waals surface area contributed by atoms with Gasteiger partial charge in [0, 0.05) is 6.07 Å². The molecule has 0 aliphatic rings. The van der Waals surface area contributed by atoms with E-state index in [0.717, 1.165) is 23.5 Å². The van der Waals surface area contributed by atoms with Crippen LogP contribution in [0.5, 0.6) is 5.75 Å². The number of benzene rings is 1. The fraction of sp³-hybridized carbons (Fsp3) is 0. The van der Waals surface area contributed by atoms with Gasteiger partial charge in [-0.2, -0.15) is 0 Å². The van der Waals surface area contributed by atoms with Crippen LogP contribution in [0.3, 0.4) is 0 Å². The van der Waals surface area contributed by atoms with Gasteiger partial charge in [0.15, 0.2) is 4.21 Å².